The van der Waals surface area contributed by atoms with Gasteiger partial charge < -0.3 is 20.1 Å². The van der Waals surface area contributed by atoms with E-state index < -0.39 is 35.4 Å². The van der Waals surface area contributed by atoms with Crippen LogP contribution < -0.4 is 25.5 Å². The van der Waals surface area contributed by atoms with E-state index in [1.807, 2.05) is 0 Å². The van der Waals surface area contributed by atoms with E-state index in [1.165, 1.54) is 43.7 Å². The Morgan fingerprint density at radius 2 is 1.69 bits per heavy atom. The molecule has 0 radical (unpaired) electrons. The Morgan fingerprint density at radius 3 is 2.36 bits per heavy atom. The third-order valence-electron chi connectivity index (χ3n) is 5.42. The van der Waals surface area contributed by atoms with Gasteiger partial charge in [0.15, 0.2) is 18.1 Å². The molecule has 1 atom stereocenters. The Labute approximate surface area is 224 Å². The van der Waals surface area contributed by atoms with Gasteiger partial charge in [0.25, 0.3) is 17.7 Å². The van der Waals surface area contributed by atoms with Crippen LogP contribution in [0, 0.1) is 17.6 Å². The normalized spacial score (nSPS) is 11.6. The topological polar surface area (TPSA) is 118 Å². The number of hydrogen-bond donors (Lipinski definition) is 3. The molecule has 0 aromatic heterocycles. The average molecular weight is 539 g/mol. The highest BCUT2D eigenvalue weighted by atomic mass is 19.1. The number of benzene rings is 3. The lowest BCUT2D eigenvalue weighted by atomic mass is 10.0. The molecule has 9 nitrogen and oxygen atoms in total. The maximum absolute atomic E-state index is 13.7. The second-order valence-corrected chi connectivity index (χ2v) is 8.66. The van der Waals surface area contributed by atoms with Gasteiger partial charge in [-0.05, 0) is 66.1 Å². The number of nitrogens with zero attached hydrogens (tertiary/aromatic N) is 1. The van der Waals surface area contributed by atoms with Crippen molar-refractivity contribution in [3.05, 3.63) is 89.5 Å². The van der Waals surface area contributed by atoms with Gasteiger partial charge in [0.1, 0.15) is 17.7 Å². The zero-order valence-electron chi connectivity index (χ0n) is 21.5. The Balaban J connectivity index is 1.57. The third kappa shape index (κ3) is 8.35. The smallest absolute Gasteiger partial charge is 0.262 e. The molecule has 0 saturated heterocycles. The molecule has 3 amide bonds. The van der Waals surface area contributed by atoms with Crippen molar-refractivity contribution in [2.24, 2.45) is 11.0 Å². The molecular weight excluding hydrogens is 510 g/mol. The molecule has 0 spiro atoms. The molecule has 11 heteroatoms. The van der Waals surface area contributed by atoms with Gasteiger partial charge in [-0.15, -0.1) is 0 Å². The van der Waals surface area contributed by atoms with Gasteiger partial charge in [-0.2, -0.15) is 5.10 Å². The van der Waals surface area contributed by atoms with Gasteiger partial charge in [0, 0.05) is 5.56 Å². The van der Waals surface area contributed by atoms with E-state index in [2.05, 4.69) is 21.2 Å². The molecule has 39 heavy (non-hydrogen) atoms. The molecule has 0 aliphatic heterocycles. The van der Waals surface area contributed by atoms with E-state index in [4.69, 9.17) is 9.47 Å². The maximum Gasteiger partial charge on any atom is 0.262 e. The van der Waals surface area contributed by atoms with Crippen LogP contribution in [0.15, 0.2) is 71.8 Å². The fourth-order valence-electron chi connectivity index (χ4n) is 3.38. The number of carbonyl (C=O) groups excluding carboxylic acids is 3. The van der Waals surface area contributed by atoms with E-state index in [0.717, 1.165) is 12.1 Å². The Kier molecular flexibility index (Phi) is 10.1. The van der Waals surface area contributed by atoms with E-state index in [0.29, 0.717) is 11.3 Å². The highest BCUT2D eigenvalue weighted by molar-refractivity contribution is 5.97. The number of ether oxygens (including phenoxy) is 2. The molecule has 204 valence electrons. The summed E-state index contributed by atoms with van der Waals surface area (Å²) in [5.41, 5.74) is 3.21. The quantitative estimate of drug-likeness (QED) is 0.253. The lowest BCUT2D eigenvalue weighted by molar-refractivity contribution is -0.124. The Morgan fingerprint density at radius 1 is 0.974 bits per heavy atom. The summed E-state index contributed by atoms with van der Waals surface area (Å²) in [5, 5.41) is 9.01. The van der Waals surface area contributed by atoms with E-state index in [1.54, 1.807) is 38.1 Å². The first kappa shape index (κ1) is 28.8. The van der Waals surface area contributed by atoms with Crippen molar-refractivity contribution in [1.82, 2.24) is 10.7 Å². The van der Waals surface area contributed by atoms with Gasteiger partial charge in [-0.25, -0.2) is 14.2 Å². The fraction of sp³-hybridized carbons (Fsp3) is 0.214. The van der Waals surface area contributed by atoms with Gasteiger partial charge in [-0.1, -0.05) is 26.0 Å². The van der Waals surface area contributed by atoms with Crippen molar-refractivity contribution in [2.75, 3.05) is 19.0 Å². The number of halogens is 2. The summed E-state index contributed by atoms with van der Waals surface area (Å²) in [4.78, 5) is 37.3. The SMILES string of the molecule is COc1cc(C=NNC(=O)C(NC(=O)c2ccc(F)cc2)C(C)C)ccc1OCC(=O)Nc1ccccc1F. The number of carbonyl (C=O) groups is 3. The highest BCUT2D eigenvalue weighted by Crippen LogP contribution is 2.27. The lowest BCUT2D eigenvalue weighted by Gasteiger charge is -2.20. The zero-order chi connectivity index (χ0) is 28.4. The van der Waals surface area contributed by atoms with Crippen molar-refractivity contribution in [2.45, 2.75) is 19.9 Å². The van der Waals surface area contributed by atoms with Gasteiger partial charge in [-0.3, -0.25) is 14.4 Å². The first-order valence-corrected chi connectivity index (χ1v) is 11.9. The van der Waals surface area contributed by atoms with Gasteiger partial charge in [0.05, 0.1) is 19.0 Å². The predicted octanol–water partition coefficient (Wildman–Crippen LogP) is 3.90. The largest absolute Gasteiger partial charge is 0.493 e. The molecule has 0 bridgehead atoms. The second kappa shape index (κ2) is 13.7. The first-order valence-electron chi connectivity index (χ1n) is 11.9. The molecule has 3 aromatic rings. The molecule has 0 aliphatic carbocycles. The molecule has 3 aromatic carbocycles. The van der Waals surface area contributed by atoms with Crippen molar-refractivity contribution in [1.29, 1.82) is 0 Å². The first-order chi connectivity index (χ1) is 18.7. The molecule has 0 fully saturated rings. The van der Waals surface area contributed by atoms with E-state index in [9.17, 15) is 23.2 Å². The van der Waals surface area contributed by atoms with Gasteiger partial charge in [0.2, 0.25) is 0 Å². The number of nitrogens with one attached hydrogen (secondary N) is 3. The van der Waals surface area contributed by atoms with Crippen LogP contribution in [0.25, 0.3) is 0 Å². The Hall–Kier alpha value is -4.80. The minimum Gasteiger partial charge on any atom is -0.493 e. The number of hydrogen-bond acceptors (Lipinski definition) is 6. The van der Waals surface area contributed by atoms with Crippen LogP contribution in [0.5, 0.6) is 11.5 Å². The molecule has 0 aliphatic rings. The number of anilines is 1. The van der Waals surface area contributed by atoms with E-state index >= 15 is 0 Å². The standard InChI is InChI=1S/C28H28F2N4O5/c1-17(2)26(33-27(36)19-9-11-20(29)12-10-19)28(37)34-31-15-18-8-13-23(24(14-18)38-3)39-16-25(35)32-22-7-5-4-6-21(22)30/h4-15,17,26H,16H2,1-3H3,(H,32,35)(H,33,36)(H,34,37). The monoisotopic (exact) mass is 538 g/mol. The fourth-order valence-corrected chi connectivity index (χ4v) is 3.38. The minimum absolute atomic E-state index is 0.0430. The average Bonchev–Trinajstić information content (AvgIpc) is 2.92. The van der Waals surface area contributed by atoms with Crippen molar-refractivity contribution < 1.29 is 32.6 Å². The van der Waals surface area contributed by atoms with Crippen molar-refractivity contribution in [3.63, 3.8) is 0 Å². The van der Waals surface area contributed by atoms with Crippen LogP contribution in [-0.2, 0) is 9.59 Å². The summed E-state index contributed by atoms with van der Waals surface area (Å²) in [6.07, 6.45) is 1.37. The van der Waals surface area contributed by atoms with Crippen LogP contribution in [0.1, 0.15) is 29.8 Å². The van der Waals surface area contributed by atoms with Crippen LogP contribution in [-0.4, -0.2) is 43.7 Å². The molecular formula is C28H28F2N4O5. The summed E-state index contributed by atoms with van der Waals surface area (Å²) < 4.78 is 37.6. The third-order valence-corrected chi connectivity index (χ3v) is 5.42. The number of methoxy groups -OCH3 is 1. The van der Waals surface area contributed by atoms with Crippen LogP contribution >= 0.6 is 0 Å². The summed E-state index contributed by atoms with van der Waals surface area (Å²) >= 11 is 0. The highest BCUT2D eigenvalue weighted by Gasteiger charge is 2.24. The lowest BCUT2D eigenvalue weighted by Crippen LogP contribution is -2.48. The molecule has 0 heterocycles. The number of rotatable bonds is 11. The van der Waals surface area contributed by atoms with Crippen LogP contribution in [0.2, 0.25) is 0 Å². The van der Waals surface area contributed by atoms with Crippen LogP contribution in [0.3, 0.4) is 0 Å². The second-order valence-electron chi connectivity index (χ2n) is 8.66. The molecule has 3 rings (SSSR count). The summed E-state index contributed by atoms with van der Waals surface area (Å²) in [5.74, 6) is -2.32. The van der Waals surface area contributed by atoms with Crippen LogP contribution in [0.4, 0.5) is 14.5 Å². The summed E-state index contributed by atoms with van der Waals surface area (Å²) in [7, 11) is 1.42. The number of amides is 3. The molecule has 3 N–H and O–H groups in total. The van der Waals surface area contributed by atoms with Crippen molar-refractivity contribution >= 4 is 29.6 Å². The number of para-hydroxylation sites is 1. The summed E-state index contributed by atoms with van der Waals surface area (Å²) in [6, 6.07) is 14.6. The zero-order valence-corrected chi connectivity index (χ0v) is 21.5. The predicted molar refractivity (Wildman–Crippen MR) is 142 cm³/mol. The van der Waals surface area contributed by atoms with Crippen molar-refractivity contribution in [3.8, 4) is 11.5 Å². The molecule has 0 saturated carbocycles. The number of hydrazone groups is 1. The van der Waals surface area contributed by atoms with E-state index in [-0.39, 0.29) is 29.5 Å². The Bertz CT molecular complexity index is 1350. The van der Waals surface area contributed by atoms with Gasteiger partial charge >= 0.3 is 0 Å². The maximum atomic E-state index is 13.7. The minimum atomic E-state index is -0.888. The summed E-state index contributed by atoms with van der Waals surface area (Å²) in [6.45, 7) is 3.15. The molecule has 1 unspecified atom stereocenters.